The number of aromatic nitrogens is 1. The normalized spacial score (nSPS) is 10.6. The van der Waals surface area contributed by atoms with Crippen LogP contribution < -0.4 is 15.4 Å². The third kappa shape index (κ3) is 2.36. The van der Waals surface area contributed by atoms with E-state index in [2.05, 4.69) is 9.88 Å². The summed E-state index contributed by atoms with van der Waals surface area (Å²) in [5.41, 5.74) is 9.70. The zero-order valence-electron chi connectivity index (χ0n) is 12.1. The summed E-state index contributed by atoms with van der Waals surface area (Å²) >= 11 is 0. The molecule has 0 amide bonds. The van der Waals surface area contributed by atoms with Gasteiger partial charge < -0.3 is 15.4 Å². The van der Waals surface area contributed by atoms with Crippen LogP contribution >= 0.6 is 0 Å². The number of nitrogens with two attached hydrogens (primary N) is 1. The maximum absolute atomic E-state index is 6.16. The van der Waals surface area contributed by atoms with Crippen LogP contribution in [-0.4, -0.2) is 19.1 Å². The van der Waals surface area contributed by atoms with Gasteiger partial charge in [-0.15, -0.1) is 0 Å². The lowest BCUT2D eigenvalue weighted by Gasteiger charge is -2.23. The van der Waals surface area contributed by atoms with Gasteiger partial charge in [-0.3, -0.25) is 4.98 Å². The molecule has 0 bridgehead atoms. The van der Waals surface area contributed by atoms with E-state index in [0.717, 1.165) is 28.0 Å². The molecule has 3 rings (SSSR count). The van der Waals surface area contributed by atoms with Crippen LogP contribution in [0.3, 0.4) is 0 Å². The molecule has 0 atom stereocenters. The first-order valence-corrected chi connectivity index (χ1v) is 6.71. The molecule has 4 nitrogen and oxygen atoms in total. The summed E-state index contributed by atoms with van der Waals surface area (Å²) in [4.78, 5) is 6.43. The minimum atomic E-state index is 0.652. The molecule has 0 aliphatic heterocycles. The van der Waals surface area contributed by atoms with E-state index in [1.807, 2.05) is 55.6 Å². The highest BCUT2D eigenvalue weighted by Crippen LogP contribution is 2.35. The van der Waals surface area contributed by atoms with Crippen LogP contribution in [0.25, 0.3) is 10.9 Å². The predicted molar refractivity (Wildman–Crippen MR) is 87.2 cm³/mol. The molecule has 0 saturated heterocycles. The minimum absolute atomic E-state index is 0.652. The number of nitrogens with zero attached hydrogens (tertiary/aromatic N) is 2. The molecule has 1 aromatic heterocycles. The first-order chi connectivity index (χ1) is 10.2. The Balaban J connectivity index is 2.16. The highest BCUT2D eigenvalue weighted by Gasteiger charge is 2.13. The highest BCUT2D eigenvalue weighted by molar-refractivity contribution is 5.99. The smallest absolute Gasteiger partial charge is 0.120 e. The van der Waals surface area contributed by atoms with E-state index in [1.54, 1.807) is 13.3 Å². The lowest BCUT2D eigenvalue weighted by Crippen LogP contribution is -2.12. The molecule has 0 aliphatic rings. The van der Waals surface area contributed by atoms with Gasteiger partial charge in [0.1, 0.15) is 5.75 Å². The van der Waals surface area contributed by atoms with Gasteiger partial charge in [-0.1, -0.05) is 24.3 Å². The van der Waals surface area contributed by atoms with E-state index in [4.69, 9.17) is 10.5 Å². The summed E-state index contributed by atoms with van der Waals surface area (Å²) < 4.78 is 5.29. The summed E-state index contributed by atoms with van der Waals surface area (Å²) in [6.07, 6.45) is 1.70. The second-order valence-corrected chi connectivity index (χ2v) is 4.84. The first kappa shape index (κ1) is 13.2. The zero-order valence-corrected chi connectivity index (χ0v) is 12.1. The van der Waals surface area contributed by atoms with E-state index >= 15 is 0 Å². The maximum atomic E-state index is 6.16. The van der Waals surface area contributed by atoms with E-state index in [-0.39, 0.29) is 0 Å². The summed E-state index contributed by atoms with van der Waals surface area (Å²) in [5.74, 6) is 0.816. The van der Waals surface area contributed by atoms with Crippen molar-refractivity contribution in [1.29, 1.82) is 0 Å². The molecule has 0 unspecified atom stereocenters. The van der Waals surface area contributed by atoms with Crippen LogP contribution in [0.1, 0.15) is 0 Å². The molecule has 0 saturated carbocycles. The van der Waals surface area contributed by atoms with Crippen LogP contribution in [0.5, 0.6) is 5.75 Å². The fourth-order valence-corrected chi connectivity index (χ4v) is 2.46. The average Bonchev–Trinajstić information content (AvgIpc) is 2.54. The quantitative estimate of drug-likeness (QED) is 0.796. The number of nitrogen functional groups attached to an aromatic ring is 1. The van der Waals surface area contributed by atoms with Crippen molar-refractivity contribution in [3.8, 4) is 5.75 Å². The summed E-state index contributed by atoms with van der Waals surface area (Å²) in [6, 6.07) is 15.9. The number of ether oxygens (including phenoxy) is 1. The molecule has 21 heavy (non-hydrogen) atoms. The Bertz CT molecular complexity index is 786. The summed E-state index contributed by atoms with van der Waals surface area (Å²) in [6.45, 7) is 0. The molecule has 0 radical (unpaired) electrons. The number of hydrogen-bond donors (Lipinski definition) is 1. The number of pyridine rings is 1. The monoisotopic (exact) mass is 279 g/mol. The second-order valence-electron chi connectivity index (χ2n) is 4.84. The number of benzene rings is 2. The number of hydrogen-bond acceptors (Lipinski definition) is 4. The van der Waals surface area contributed by atoms with Crippen molar-refractivity contribution >= 4 is 28.0 Å². The standard InChI is InChI=1S/C17H17N3O/c1-20(12-6-5-7-13(10-12)21-2)17-14-8-3-4-9-16(14)19-11-15(17)18/h3-11H,18H2,1-2H3. The molecule has 1 heterocycles. The SMILES string of the molecule is COc1cccc(N(C)c2c(N)cnc3ccccc23)c1. The number of para-hydroxylation sites is 1. The van der Waals surface area contributed by atoms with Crippen molar-refractivity contribution in [3.05, 3.63) is 54.7 Å². The van der Waals surface area contributed by atoms with Crippen molar-refractivity contribution in [1.82, 2.24) is 4.98 Å². The van der Waals surface area contributed by atoms with Gasteiger partial charge in [0.25, 0.3) is 0 Å². The van der Waals surface area contributed by atoms with E-state index in [9.17, 15) is 0 Å². The van der Waals surface area contributed by atoms with Gasteiger partial charge in [0.2, 0.25) is 0 Å². The van der Waals surface area contributed by atoms with Crippen molar-refractivity contribution < 1.29 is 4.74 Å². The number of methoxy groups -OCH3 is 1. The fraction of sp³-hybridized carbons (Fsp3) is 0.118. The van der Waals surface area contributed by atoms with Crippen LogP contribution in [0.2, 0.25) is 0 Å². The first-order valence-electron chi connectivity index (χ1n) is 6.71. The molecule has 0 fully saturated rings. The van der Waals surface area contributed by atoms with E-state index in [1.165, 1.54) is 0 Å². The van der Waals surface area contributed by atoms with Gasteiger partial charge in [-0.2, -0.15) is 0 Å². The Hall–Kier alpha value is -2.75. The van der Waals surface area contributed by atoms with Crippen LogP contribution in [-0.2, 0) is 0 Å². The largest absolute Gasteiger partial charge is 0.497 e. The molecule has 3 aromatic rings. The predicted octanol–water partition coefficient (Wildman–Crippen LogP) is 3.59. The topological polar surface area (TPSA) is 51.4 Å². The van der Waals surface area contributed by atoms with Gasteiger partial charge >= 0.3 is 0 Å². The molecule has 0 aliphatic carbocycles. The van der Waals surface area contributed by atoms with Gasteiger partial charge in [0.05, 0.1) is 30.2 Å². The van der Waals surface area contributed by atoms with Gasteiger partial charge in [0.15, 0.2) is 0 Å². The average molecular weight is 279 g/mol. The number of rotatable bonds is 3. The molecule has 2 N–H and O–H groups in total. The lowest BCUT2D eigenvalue weighted by molar-refractivity contribution is 0.415. The molecular formula is C17H17N3O. The highest BCUT2D eigenvalue weighted by atomic mass is 16.5. The third-order valence-corrected chi connectivity index (χ3v) is 3.55. The van der Waals surface area contributed by atoms with Gasteiger partial charge in [0, 0.05) is 24.2 Å². The fourth-order valence-electron chi connectivity index (χ4n) is 2.46. The van der Waals surface area contributed by atoms with Crippen molar-refractivity contribution in [2.24, 2.45) is 0 Å². The van der Waals surface area contributed by atoms with Crippen molar-refractivity contribution in [3.63, 3.8) is 0 Å². The third-order valence-electron chi connectivity index (χ3n) is 3.55. The number of anilines is 3. The maximum Gasteiger partial charge on any atom is 0.120 e. The Labute approximate surface area is 123 Å². The van der Waals surface area contributed by atoms with Gasteiger partial charge in [-0.05, 0) is 18.2 Å². The lowest BCUT2D eigenvalue weighted by atomic mass is 10.1. The second kappa shape index (κ2) is 5.32. The molecule has 4 heteroatoms. The molecular weight excluding hydrogens is 262 g/mol. The van der Waals surface area contributed by atoms with E-state index < -0.39 is 0 Å². The zero-order chi connectivity index (χ0) is 14.8. The molecule has 0 spiro atoms. The van der Waals surface area contributed by atoms with Crippen molar-refractivity contribution in [2.45, 2.75) is 0 Å². The minimum Gasteiger partial charge on any atom is -0.497 e. The summed E-state index contributed by atoms with van der Waals surface area (Å²) in [5, 5.41) is 1.03. The summed E-state index contributed by atoms with van der Waals surface area (Å²) in [7, 11) is 3.65. The Morgan fingerprint density at radius 1 is 1.10 bits per heavy atom. The molecule has 106 valence electrons. The Kier molecular flexibility index (Phi) is 3.36. The van der Waals surface area contributed by atoms with Crippen LogP contribution in [0, 0.1) is 0 Å². The van der Waals surface area contributed by atoms with Crippen LogP contribution in [0.4, 0.5) is 17.1 Å². The van der Waals surface area contributed by atoms with Crippen LogP contribution in [0.15, 0.2) is 54.7 Å². The van der Waals surface area contributed by atoms with Gasteiger partial charge in [-0.25, -0.2) is 0 Å². The Morgan fingerprint density at radius 3 is 2.71 bits per heavy atom. The Morgan fingerprint density at radius 2 is 1.90 bits per heavy atom. The molecule has 2 aromatic carbocycles. The number of fused-ring (bicyclic) bond motifs is 1. The van der Waals surface area contributed by atoms with Crippen molar-refractivity contribution in [2.75, 3.05) is 24.8 Å². The van der Waals surface area contributed by atoms with E-state index in [0.29, 0.717) is 5.69 Å².